The van der Waals surface area contributed by atoms with Gasteiger partial charge in [0.25, 0.3) is 0 Å². The monoisotopic (exact) mass is 441 g/mol. The summed E-state index contributed by atoms with van der Waals surface area (Å²) in [5.74, 6) is -0.626. The topological polar surface area (TPSA) is 71.0 Å². The number of carbonyl (C=O) groups is 1. The highest BCUT2D eigenvalue weighted by Crippen LogP contribution is 2.39. The van der Waals surface area contributed by atoms with Crippen molar-refractivity contribution >= 4 is 23.5 Å². The molecule has 0 aromatic heterocycles. The van der Waals surface area contributed by atoms with Crippen LogP contribution in [0.2, 0.25) is 0 Å². The van der Waals surface area contributed by atoms with Gasteiger partial charge >= 0.3 is 12.1 Å². The molecule has 30 heavy (non-hydrogen) atoms. The molecule has 0 heterocycles. The molecule has 1 atom stereocenters. The number of hydrogen-bond acceptors (Lipinski definition) is 5. The van der Waals surface area contributed by atoms with Crippen LogP contribution in [0.5, 0.6) is 11.5 Å². The van der Waals surface area contributed by atoms with E-state index in [0.717, 1.165) is 25.6 Å². The lowest BCUT2D eigenvalue weighted by Gasteiger charge is -2.19. The average Bonchev–Trinajstić information content (AvgIpc) is 2.69. The number of methoxy groups -OCH3 is 1. The highest BCUT2D eigenvalue weighted by molar-refractivity contribution is 7.90. The molecule has 2 rings (SSSR count). The maximum atomic E-state index is 13.8. The maximum Gasteiger partial charge on any atom is 0.417 e. The van der Waals surface area contributed by atoms with Crippen LogP contribution in [0.3, 0.4) is 0 Å². The fourth-order valence-corrected chi connectivity index (χ4v) is 3.66. The molecule has 2 aromatic carbocycles. The second kappa shape index (κ2) is 10.5. The summed E-state index contributed by atoms with van der Waals surface area (Å²) in [7, 11) is 1.24. The Balaban J connectivity index is 2.52. The van der Waals surface area contributed by atoms with Crippen molar-refractivity contribution in [3.63, 3.8) is 0 Å². The number of esters is 1. The van der Waals surface area contributed by atoms with Crippen molar-refractivity contribution in [1.29, 1.82) is 0 Å². The molecule has 0 amide bonds. The zero-order valence-corrected chi connectivity index (χ0v) is 17.6. The Morgan fingerprint density at radius 2 is 1.93 bits per heavy atom. The number of halogens is 3. The van der Waals surface area contributed by atoms with Crippen LogP contribution in [0, 0.1) is 6.92 Å². The number of unbranched alkanes of at least 4 members (excludes halogenated alkanes) is 1. The molecule has 1 unspecified atom stereocenters. The van der Waals surface area contributed by atoms with E-state index < -0.39 is 29.1 Å². The van der Waals surface area contributed by atoms with Crippen LogP contribution < -0.4 is 9.47 Å². The molecule has 0 spiro atoms. The first-order chi connectivity index (χ1) is 14.2. The van der Waals surface area contributed by atoms with Gasteiger partial charge < -0.3 is 14.0 Å². The molecular formula is C21H22F3NO4S. The molecule has 9 heteroatoms. The van der Waals surface area contributed by atoms with E-state index in [4.69, 9.17) is 9.47 Å². The third kappa shape index (κ3) is 5.99. The molecule has 2 aromatic rings. The lowest BCUT2D eigenvalue weighted by molar-refractivity contribution is -0.138. The van der Waals surface area contributed by atoms with Crippen LogP contribution in [0.15, 0.2) is 40.8 Å². The van der Waals surface area contributed by atoms with Crippen molar-refractivity contribution in [3.05, 3.63) is 58.7 Å². The first-order valence-electron chi connectivity index (χ1n) is 9.17. The summed E-state index contributed by atoms with van der Waals surface area (Å²) in [6.45, 7) is 3.07. The standard InChI is InChI=1S/C21H22F3NO4S/c1-4-5-11-30(27)25-13-15-12-17(28-3)18(14(2)19(15)21(22,23)24)20(26)29-16-9-7-6-8-10-16/h6-10,12-13H,4-5,11H2,1-3H3. The van der Waals surface area contributed by atoms with Crippen molar-refractivity contribution in [3.8, 4) is 11.5 Å². The average molecular weight is 441 g/mol. The normalized spacial score (nSPS) is 12.8. The molecule has 0 aliphatic heterocycles. The molecule has 0 saturated carbocycles. The van der Waals surface area contributed by atoms with Crippen molar-refractivity contribution in [2.75, 3.05) is 12.9 Å². The first kappa shape index (κ1) is 23.8. The van der Waals surface area contributed by atoms with Gasteiger partial charge in [-0.1, -0.05) is 35.9 Å². The molecule has 0 aliphatic carbocycles. The van der Waals surface area contributed by atoms with Gasteiger partial charge in [-0.05, 0) is 37.1 Å². The summed E-state index contributed by atoms with van der Waals surface area (Å²) < 4.78 is 67.4. The summed E-state index contributed by atoms with van der Waals surface area (Å²) >= 11 is -1.64. The fourth-order valence-electron chi connectivity index (χ4n) is 2.79. The van der Waals surface area contributed by atoms with Crippen LogP contribution >= 0.6 is 0 Å². The van der Waals surface area contributed by atoms with E-state index in [1.54, 1.807) is 18.2 Å². The van der Waals surface area contributed by atoms with Crippen molar-refractivity contribution in [2.45, 2.75) is 32.9 Å². The predicted octanol–water partition coefficient (Wildman–Crippen LogP) is 5.12. The number of hydrogen-bond donors (Lipinski definition) is 0. The number of ether oxygens (including phenoxy) is 2. The predicted molar refractivity (Wildman–Crippen MR) is 110 cm³/mol. The molecule has 0 saturated heterocycles. The lowest BCUT2D eigenvalue weighted by Crippen LogP contribution is -2.19. The summed E-state index contributed by atoms with van der Waals surface area (Å²) in [5.41, 5.74) is -2.08. The Morgan fingerprint density at radius 3 is 2.50 bits per heavy atom. The third-order valence-corrected chi connectivity index (χ3v) is 5.19. The van der Waals surface area contributed by atoms with Gasteiger partial charge in [0.05, 0.1) is 30.2 Å². The Labute approximate surface area is 176 Å². The molecule has 0 N–H and O–H groups in total. The van der Waals surface area contributed by atoms with E-state index in [1.807, 2.05) is 6.92 Å². The number of nitrogens with zero attached hydrogens (tertiary/aromatic N) is 1. The molecular weight excluding hydrogens is 419 g/mol. The minimum absolute atomic E-state index is 0.0952. The number of alkyl halides is 3. The second-order valence-electron chi connectivity index (χ2n) is 6.36. The van der Waals surface area contributed by atoms with Crippen molar-refractivity contribution < 1.29 is 32.0 Å². The van der Waals surface area contributed by atoms with Gasteiger partial charge in [0.2, 0.25) is 0 Å². The van der Waals surface area contributed by atoms with E-state index in [-0.39, 0.29) is 33.9 Å². The quantitative estimate of drug-likeness (QED) is 0.247. The number of para-hydroxylation sites is 1. The van der Waals surface area contributed by atoms with E-state index in [9.17, 15) is 22.5 Å². The van der Waals surface area contributed by atoms with Gasteiger partial charge in [-0.25, -0.2) is 4.79 Å². The Bertz CT molecular complexity index is 901. The molecule has 0 bridgehead atoms. The zero-order valence-electron chi connectivity index (χ0n) is 16.8. The van der Waals surface area contributed by atoms with Crippen molar-refractivity contribution in [1.82, 2.24) is 0 Å². The van der Waals surface area contributed by atoms with E-state index in [1.165, 1.54) is 19.2 Å². The summed E-state index contributed by atoms with van der Waals surface area (Å²) in [6.07, 6.45) is -2.43. The van der Waals surface area contributed by atoms with Gasteiger partial charge in [0.1, 0.15) is 22.8 Å². The highest BCUT2D eigenvalue weighted by Gasteiger charge is 2.38. The molecule has 5 nitrogen and oxygen atoms in total. The van der Waals surface area contributed by atoms with Crippen LogP contribution in [-0.4, -0.2) is 29.6 Å². The Hall–Kier alpha value is -2.52. The number of rotatable bonds is 8. The van der Waals surface area contributed by atoms with Gasteiger partial charge in [0, 0.05) is 5.56 Å². The third-order valence-electron chi connectivity index (χ3n) is 4.21. The highest BCUT2D eigenvalue weighted by atomic mass is 32.2. The molecule has 0 radical (unpaired) electrons. The van der Waals surface area contributed by atoms with Crippen LogP contribution in [0.4, 0.5) is 13.2 Å². The summed E-state index contributed by atoms with van der Waals surface area (Å²) in [4.78, 5) is 12.6. The second-order valence-corrected chi connectivity index (χ2v) is 7.62. The van der Waals surface area contributed by atoms with Gasteiger partial charge in [-0.3, -0.25) is 0 Å². The molecule has 0 aliphatic rings. The summed E-state index contributed by atoms with van der Waals surface area (Å²) in [6, 6.07) is 9.05. The van der Waals surface area contributed by atoms with Gasteiger partial charge in [0.15, 0.2) is 0 Å². The molecule has 162 valence electrons. The van der Waals surface area contributed by atoms with Crippen LogP contribution in [0.25, 0.3) is 0 Å². The van der Waals surface area contributed by atoms with E-state index >= 15 is 0 Å². The minimum atomic E-state index is -4.77. The van der Waals surface area contributed by atoms with Crippen LogP contribution in [0.1, 0.15) is 46.8 Å². The fraction of sp³-hybridized carbons (Fsp3) is 0.333. The van der Waals surface area contributed by atoms with Crippen LogP contribution in [-0.2, 0) is 17.5 Å². The van der Waals surface area contributed by atoms with E-state index in [2.05, 4.69) is 4.40 Å². The largest absolute Gasteiger partial charge is 0.591 e. The van der Waals surface area contributed by atoms with E-state index in [0.29, 0.717) is 6.42 Å². The summed E-state index contributed by atoms with van der Waals surface area (Å²) in [5, 5.41) is 0. The minimum Gasteiger partial charge on any atom is -0.591 e. The first-order valence-corrected chi connectivity index (χ1v) is 10.4. The number of carbonyl (C=O) groups excluding carboxylic acids is 1. The smallest absolute Gasteiger partial charge is 0.417 e. The Morgan fingerprint density at radius 1 is 1.27 bits per heavy atom. The van der Waals surface area contributed by atoms with Gasteiger partial charge in [-0.2, -0.15) is 13.2 Å². The van der Waals surface area contributed by atoms with Gasteiger partial charge in [-0.15, -0.1) is 0 Å². The lowest BCUT2D eigenvalue weighted by atomic mass is 9.95. The van der Waals surface area contributed by atoms with Crippen molar-refractivity contribution in [2.24, 2.45) is 4.40 Å². The maximum absolute atomic E-state index is 13.8. The Kier molecular flexibility index (Phi) is 8.31. The SMILES string of the molecule is CCCC[S+]([O-])N=Cc1cc(OC)c(C(=O)Oc2ccccc2)c(C)c1C(F)(F)F. The molecule has 0 fully saturated rings. The number of benzene rings is 2. The zero-order chi connectivity index (χ0) is 22.3.